The third-order valence-corrected chi connectivity index (χ3v) is 4.14. The van der Waals surface area contributed by atoms with Crippen molar-refractivity contribution in [3.8, 4) is 0 Å². The number of rotatable bonds is 2. The van der Waals surface area contributed by atoms with Crippen LogP contribution in [0.15, 0.2) is 24.3 Å². The summed E-state index contributed by atoms with van der Waals surface area (Å²) in [4.78, 5) is 14.4. The van der Waals surface area contributed by atoms with Crippen LogP contribution >= 0.6 is 0 Å². The molecule has 0 saturated heterocycles. The van der Waals surface area contributed by atoms with Gasteiger partial charge in [0.1, 0.15) is 0 Å². The number of benzene rings is 1. The quantitative estimate of drug-likeness (QED) is 0.831. The molecule has 1 aliphatic rings. The van der Waals surface area contributed by atoms with E-state index in [4.69, 9.17) is 5.73 Å². The molecular weight excluding hydrogens is 236 g/mol. The molecule has 0 heterocycles. The second-order valence-electron chi connectivity index (χ2n) is 5.64. The first kappa shape index (κ1) is 14.1. The van der Waals surface area contributed by atoms with E-state index in [1.54, 1.807) is 4.90 Å². The minimum atomic E-state index is -0.0196. The molecule has 3 heteroatoms. The van der Waals surface area contributed by atoms with Crippen LogP contribution in [-0.4, -0.2) is 19.0 Å². The van der Waals surface area contributed by atoms with Crippen LogP contribution in [0.1, 0.15) is 37.7 Å². The predicted molar refractivity (Wildman–Crippen MR) is 79.1 cm³/mol. The SMILES string of the molecule is Cc1ccc(N(C)C(=O)C2CCCCCC2N)cc1. The summed E-state index contributed by atoms with van der Waals surface area (Å²) in [5.41, 5.74) is 8.33. The second kappa shape index (κ2) is 6.20. The van der Waals surface area contributed by atoms with Crippen LogP contribution in [0.3, 0.4) is 0 Å². The van der Waals surface area contributed by atoms with E-state index in [0.29, 0.717) is 0 Å². The van der Waals surface area contributed by atoms with Crippen LogP contribution in [0, 0.1) is 12.8 Å². The summed E-state index contributed by atoms with van der Waals surface area (Å²) in [7, 11) is 1.85. The van der Waals surface area contributed by atoms with Crippen LogP contribution in [0.5, 0.6) is 0 Å². The molecule has 104 valence electrons. The van der Waals surface area contributed by atoms with E-state index in [2.05, 4.69) is 0 Å². The molecule has 2 N–H and O–H groups in total. The van der Waals surface area contributed by atoms with Gasteiger partial charge in [-0.1, -0.05) is 37.0 Å². The minimum Gasteiger partial charge on any atom is -0.327 e. The number of amides is 1. The first-order valence-corrected chi connectivity index (χ1v) is 7.19. The molecule has 2 atom stereocenters. The van der Waals surface area contributed by atoms with Gasteiger partial charge in [0.05, 0.1) is 5.92 Å². The molecule has 0 spiro atoms. The first-order chi connectivity index (χ1) is 9.09. The second-order valence-corrected chi connectivity index (χ2v) is 5.64. The Balaban J connectivity index is 2.11. The van der Waals surface area contributed by atoms with Crippen LogP contribution < -0.4 is 10.6 Å². The molecule has 3 nitrogen and oxygen atoms in total. The van der Waals surface area contributed by atoms with E-state index in [9.17, 15) is 4.79 Å². The molecule has 1 amide bonds. The summed E-state index contributed by atoms with van der Waals surface area (Å²) in [6.07, 6.45) is 5.37. The highest BCUT2D eigenvalue weighted by atomic mass is 16.2. The normalized spacial score (nSPS) is 23.7. The molecule has 19 heavy (non-hydrogen) atoms. The van der Waals surface area contributed by atoms with Gasteiger partial charge >= 0.3 is 0 Å². The van der Waals surface area contributed by atoms with Gasteiger partial charge in [-0.25, -0.2) is 0 Å². The standard InChI is InChI=1S/C16H24N2O/c1-12-8-10-13(11-9-12)18(2)16(19)14-6-4-3-5-7-15(14)17/h8-11,14-15H,3-7,17H2,1-2H3. The number of carbonyl (C=O) groups is 1. The fourth-order valence-corrected chi connectivity index (χ4v) is 2.79. The van der Waals surface area contributed by atoms with Crippen molar-refractivity contribution in [2.24, 2.45) is 11.7 Å². The average molecular weight is 260 g/mol. The average Bonchev–Trinajstić information content (AvgIpc) is 2.63. The number of anilines is 1. The van der Waals surface area contributed by atoms with Crippen molar-refractivity contribution < 1.29 is 4.79 Å². The number of hydrogen-bond acceptors (Lipinski definition) is 2. The van der Waals surface area contributed by atoms with Crippen molar-refractivity contribution >= 4 is 11.6 Å². The van der Waals surface area contributed by atoms with Crippen molar-refractivity contribution in [3.63, 3.8) is 0 Å². The molecule has 0 aliphatic heterocycles. The fraction of sp³-hybridized carbons (Fsp3) is 0.562. The van der Waals surface area contributed by atoms with Crippen LogP contribution in [0.4, 0.5) is 5.69 Å². The van der Waals surface area contributed by atoms with E-state index in [-0.39, 0.29) is 17.9 Å². The van der Waals surface area contributed by atoms with Gasteiger partial charge in [0.2, 0.25) is 5.91 Å². The third-order valence-electron chi connectivity index (χ3n) is 4.14. The molecule has 1 fully saturated rings. The topological polar surface area (TPSA) is 46.3 Å². The Labute approximate surface area is 115 Å². The van der Waals surface area contributed by atoms with Gasteiger partial charge in [-0.05, 0) is 31.9 Å². The Hall–Kier alpha value is -1.35. The number of aryl methyl sites for hydroxylation is 1. The van der Waals surface area contributed by atoms with E-state index in [1.807, 2.05) is 38.2 Å². The van der Waals surface area contributed by atoms with E-state index < -0.39 is 0 Å². The predicted octanol–water partition coefficient (Wildman–Crippen LogP) is 2.87. The van der Waals surface area contributed by atoms with E-state index in [0.717, 1.165) is 31.4 Å². The lowest BCUT2D eigenvalue weighted by Gasteiger charge is -2.26. The molecule has 0 radical (unpaired) electrons. The zero-order valence-corrected chi connectivity index (χ0v) is 11.9. The summed E-state index contributed by atoms with van der Waals surface area (Å²) in [5.74, 6) is 0.145. The molecule has 1 aromatic carbocycles. The first-order valence-electron chi connectivity index (χ1n) is 7.19. The molecule has 0 bridgehead atoms. The van der Waals surface area contributed by atoms with Crippen LogP contribution in [0.2, 0.25) is 0 Å². The number of carbonyl (C=O) groups excluding carboxylic acids is 1. The summed E-state index contributed by atoms with van der Waals surface area (Å²) in [6.45, 7) is 2.05. The maximum Gasteiger partial charge on any atom is 0.231 e. The Morgan fingerprint density at radius 1 is 1.16 bits per heavy atom. The van der Waals surface area contributed by atoms with E-state index >= 15 is 0 Å². The molecule has 1 saturated carbocycles. The minimum absolute atomic E-state index is 0.0166. The smallest absolute Gasteiger partial charge is 0.231 e. The molecule has 0 aromatic heterocycles. The molecule has 1 aliphatic carbocycles. The summed E-state index contributed by atoms with van der Waals surface area (Å²) >= 11 is 0. The van der Waals surface area contributed by atoms with Gasteiger partial charge in [0.15, 0.2) is 0 Å². The number of nitrogens with zero attached hydrogens (tertiary/aromatic N) is 1. The zero-order chi connectivity index (χ0) is 13.8. The van der Waals surface area contributed by atoms with Crippen LogP contribution in [0.25, 0.3) is 0 Å². The van der Waals surface area contributed by atoms with Gasteiger partial charge in [-0.3, -0.25) is 4.79 Å². The van der Waals surface area contributed by atoms with Gasteiger partial charge < -0.3 is 10.6 Å². The summed E-state index contributed by atoms with van der Waals surface area (Å²) in [6, 6.07) is 8.08. The molecule has 2 unspecified atom stereocenters. The largest absolute Gasteiger partial charge is 0.327 e. The maximum atomic E-state index is 12.6. The fourth-order valence-electron chi connectivity index (χ4n) is 2.79. The summed E-state index contributed by atoms with van der Waals surface area (Å²) < 4.78 is 0. The van der Waals surface area contributed by atoms with Gasteiger partial charge in [-0.15, -0.1) is 0 Å². The molecule has 2 rings (SSSR count). The lowest BCUT2D eigenvalue weighted by atomic mass is 9.94. The maximum absolute atomic E-state index is 12.6. The highest BCUT2D eigenvalue weighted by molar-refractivity contribution is 5.95. The highest BCUT2D eigenvalue weighted by Gasteiger charge is 2.29. The number of nitrogens with two attached hydrogens (primary N) is 1. The zero-order valence-electron chi connectivity index (χ0n) is 11.9. The third kappa shape index (κ3) is 3.35. The molecule has 1 aromatic rings. The highest BCUT2D eigenvalue weighted by Crippen LogP contribution is 2.25. The lowest BCUT2D eigenvalue weighted by molar-refractivity contribution is -0.122. The monoisotopic (exact) mass is 260 g/mol. The van der Waals surface area contributed by atoms with Crippen molar-refractivity contribution in [1.29, 1.82) is 0 Å². The Bertz CT molecular complexity index is 427. The van der Waals surface area contributed by atoms with Gasteiger partial charge in [-0.2, -0.15) is 0 Å². The van der Waals surface area contributed by atoms with Crippen molar-refractivity contribution in [2.45, 2.75) is 45.1 Å². The van der Waals surface area contributed by atoms with Crippen LogP contribution in [-0.2, 0) is 4.79 Å². The lowest BCUT2D eigenvalue weighted by Crippen LogP contribution is -2.42. The molecular formula is C16H24N2O. The van der Waals surface area contributed by atoms with E-state index in [1.165, 1.54) is 12.0 Å². The summed E-state index contributed by atoms with van der Waals surface area (Å²) in [5, 5.41) is 0. The van der Waals surface area contributed by atoms with Gasteiger partial charge in [0, 0.05) is 18.8 Å². The Morgan fingerprint density at radius 2 is 1.79 bits per heavy atom. The van der Waals surface area contributed by atoms with Crippen molar-refractivity contribution in [1.82, 2.24) is 0 Å². The Kier molecular flexibility index (Phi) is 4.59. The number of hydrogen-bond donors (Lipinski definition) is 1. The van der Waals surface area contributed by atoms with Gasteiger partial charge in [0.25, 0.3) is 0 Å². The van der Waals surface area contributed by atoms with Crippen molar-refractivity contribution in [2.75, 3.05) is 11.9 Å². The van der Waals surface area contributed by atoms with Crippen molar-refractivity contribution in [3.05, 3.63) is 29.8 Å². The Morgan fingerprint density at radius 3 is 2.47 bits per heavy atom.